The number of thiazole rings is 2. The van der Waals surface area contributed by atoms with Crippen molar-refractivity contribution in [1.29, 1.82) is 0 Å². The fourth-order valence-corrected chi connectivity index (χ4v) is 3.88. The second-order valence-electron chi connectivity index (χ2n) is 5.22. The summed E-state index contributed by atoms with van der Waals surface area (Å²) in [6, 6.07) is 9.52. The van der Waals surface area contributed by atoms with Crippen molar-refractivity contribution >= 4 is 45.4 Å². The molecule has 4 rings (SSSR count). The second-order valence-corrected chi connectivity index (χ2v) is 7.55. The molecule has 1 N–H and O–H groups in total. The van der Waals surface area contributed by atoms with Crippen molar-refractivity contribution in [2.45, 2.75) is 6.92 Å². The fraction of sp³-hybridized carbons (Fsp3) is 0.0588. The maximum absolute atomic E-state index is 5.94. The molecule has 5 nitrogen and oxygen atoms in total. The van der Waals surface area contributed by atoms with Gasteiger partial charge in [0.25, 0.3) is 0 Å². The van der Waals surface area contributed by atoms with Crippen LogP contribution in [-0.2, 0) is 0 Å². The van der Waals surface area contributed by atoms with Crippen LogP contribution in [0.1, 0.15) is 5.69 Å². The van der Waals surface area contributed by atoms with Crippen LogP contribution in [-0.4, -0.2) is 19.9 Å². The zero-order chi connectivity index (χ0) is 17.2. The largest absolute Gasteiger partial charge is 0.300 e. The van der Waals surface area contributed by atoms with Crippen LogP contribution in [0.3, 0.4) is 0 Å². The van der Waals surface area contributed by atoms with Crippen LogP contribution in [0.4, 0.5) is 11.1 Å². The van der Waals surface area contributed by atoms with Crippen LogP contribution >= 0.6 is 34.3 Å². The molecule has 1 aromatic carbocycles. The second kappa shape index (κ2) is 6.87. The molecule has 0 aliphatic carbocycles. The van der Waals surface area contributed by atoms with E-state index in [4.69, 9.17) is 11.6 Å². The molecule has 0 aliphatic rings. The molecular formula is C17H12ClN5S2. The number of aryl methyl sites for hydroxylation is 1. The Morgan fingerprint density at radius 3 is 2.64 bits per heavy atom. The van der Waals surface area contributed by atoms with Crippen LogP contribution < -0.4 is 5.32 Å². The predicted molar refractivity (Wildman–Crippen MR) is 104 cm³/mol. The minimum atomic E-state index is 0.522. The van der Waals surface area contributed by atoms with E-state index in [1.807, 2.05) is 48.8 Å². The Morgan fingerprint density at radius 2 is 1.88 bits per heavy atom. The number of nitrogens with one attached hydrogen (secondary N) is 1. The number of rotatable bonds is 4. The van der Waals surface area contributed by atoms with Gasteiger partial charge in [-0.3, -0.25) is 0 Å². The monoisotopic (exact) mass is 385 g/mol. The van der Waals surface area contributed by atoms with E-state index in [0.29, 0.717) is 11.0 Å². The Morgan fingerprint density at radius 1 is 1.04 bits per heavy atom. The lowest BCUT2D eigenvalue weighted by molar-refractivity contribution is 1.16. The Labute approximate surface area is 157 Å². The first-order chi connectivity index (χ1) is 12.2. The highest BCUT2D eigenvalue weighted by atomic mass is 35.5. The Balaban J connectivity index is 1.60. The summed E-state index contributed by atoms with van der Waals surface area (Å²) in [5.41, 5.74) is 2.83. The van der Waals surface area contributed by atoms with E-state index in [1.54, 1.807) is 17.5 Å². The van der Waals surface area contributed by atoms with Crippen LogP contribution in [0.2, 0.25) is 5.02 Å². The number of benzene rings is 1. The lowest BCUT2D eigenvalue weighted by atomic mass is 10.2. The van der Waals surface area contributed by atoms with Gasteiger partial charge in [-0.15, -0.1) is 22.7 Å². The molecule has 0 amide bonds. The summed E-state index contributed by atoms with van der Waals surface area (Å²) in [7, 11) is 0. The molecule has 0 atom stereocenters. The van der Waals surface area contributed by atoms with Crippen LogP contribution in [0.5, 0.6) is 0 Å². The van der Waals surface area contributed by atoms with Gasteiger partial charge in [0.15, 0.2) is 5.13 Å². The Bertz CT molecular complexity index is 1010. The van der Waals surface area contributed by atoms with Gasteiger partial charge in [0, 0.05) is 28.4 Å². The van der Waals surface area contributed by atoms with Crippen molar-refractivity contribution in [1.82, 2.24) is 19.9 Å². The van der Waals surface area contributed by atoms with Gasteiger partial charge in [-0.05, 0) is 25.1 Å². The molecule has 25 heavy (non-hydrogen) atoms. The van der Waals surface area contributed by atoms with Crippen molar-refractivity contribution in [2.24, 2.45) is 0 Å². The molecule has 0 aliphatic heterocycles. The van der Waals surface area contributed by atoms with Gasteiger partial charge in [0.05, 0.1) is 16.3 Å². The molecule has 8 heteroatoms. The molecule has 0 fully saturated rings. The third-order valence-corrected chi connectivity index (χ3v) is 5.54. The molecule has 0 saturated heterocycles. The first-order valence-electron chi connectivity index (χ1n) is 7.42. The number of hydrogen-bond acceptors (Lipinski definition) is 7. The maximum Gasteiger partial charge on any atom is 0.229 e. The lowest BCUT2D eigenvalue weighted by Gasteiger charge is -2.02. The van der Waals surface area contributed by atoms with Gasteiger partial charge in [-0.1, -0.05) is 23.7 Å². The van der Waals surface area contributed by atoms with E-state index >= 15 is 0 Å². The molecule has 0 spiro atoms. The topological polar surface area (TPSA) is 63.6 Å². The number of hydrogen-bond donors (Lipinski definition) is 1. The smallest absolute Gasteiger partial charge is 0.229 e. The van der Waals surface area contributed by atoms with Crippen LogP contribution in [0.15, 0.2) is 48.1 Å². The third kappa shape index (κ3) is 3.68. The normalized spacial score (nSPS) is 10.8. The predicted octanol–water partition coefficient (Wildman–Crippen LogP) is 5.43. The summed E-state index contributed by atoms with van der Waals surface area (Å²) in [6.07, 6.45) is 3.56. The molecule has 0 radical (unpaired) electrons. The average Bonchev–Trinajstić information content (AvgIpc) is 3.25. The zero-order valence-electron chi connectivity index (χ0n) is 13.1. The first kappa shape index (κ1) is 16.1. The van der Waals surface area contributed by atoms with Crippen LogP contribution in [0.25, 0.3) is 21.1 Å². The number of halogens is 1. The highest BCUT2D eigenvalue weighted by Gasteiger charge is 2.10. The average molecular weight is 386 g/mol. The first-order valence-corrected chi connectivity index (χ1v) is 9.49. The van der Waals surface area contributed by atoms with Crippen LogP contribution in [0, 0.1) is 6.92 Å². The number of aromatic nitrogens is 4. The van der Waals surface area contributed by atoms with Gasteiger partial charge >= 0.3 is 0 Å². The summed E-state index contributed by atoms with van der Waals surface area (Å²) >= 11 is 9.05. The maximum atomic E-state index is 5.94. The van der Waals surface area contributed by atoms with Gasteiger partial charge in [0.1, 0.15) is 5.01 Å². The van der Waals surface area contributed by atoms with E-state index in [2.05, 4.69) is 25.3 Å². The highest BCUT2D eigenvalue weighted by molar-refractivity contribution is 7.18. The quantitative estimate of drug-likeness (QED) is 0.507. The molecule has 0 bridgehead atoms. The van der Waals surface area contributed by atoms with E-state index in [1.165, 1.54) is 11.3 Å². The van der Waals surface area contributed by atoms with Gasteiger partial charge in [-0.2, -0.15) is 0 Å². The number of anilines is 2. The van der Waals surface area contributed by atoms with Crippen molar-refractivity contribution in [3.63, 3.8) is 0 Å². The Kier molecular flexibility index (Phi) is 4.44. The summed E-state index contributed by atoms with van der Waals surface area (Å²) in [5, 5.41) is 7.53. The van der Waals surface area contributed by atoms with E-state index in [9.17, 15) is 0 Å². The van der Waals surface area contributed by atoms with E-state index in [0.717, 1.165) is 32.0 Å². The number of nitrogens with zero attached hydrogens (tertiary/aromatic N) is 4. The third-order valence-electron chi connectivity index (χ3n) is 3.34. The minimum absolute atomic E-state index is 0.522. The summed E-state index contributed by atoms with van der Waals surface area (Å²) in [4.78, 5) is 18.7. The van der Waals surface area contributed by atoms with E-state index < -0.39 is 0 Å². The SMILES string of the molecule is Cc1csc(Nc2nccc(-c3cnc(-c4ccc(Cl)cc4)s3)n2)n1. The van der Waals surface area contributed by atoms with E-state index in [-0.39, 0.29) is 0 Å². The van der Waals surface area contributed by atoms with Gasteiger partial charge in [0.2, 0.25) is 5.95 Å². The Hall–Kier alpha value is -2.35. The standard InChI is InChI=1S/C17H12ClN5S2/c1-10-9-24-17(21-10)23-16-19-7-6-13(22-16)14-8-20-15(25-14)11-2-4-12(18)5-3-11/h2-9H,1H3,(H,19,21,22,23). The summed E-state index contributed by atoms with van der Waals surface area (Å²) in [6.45, 7) is 1.95. The molecule has 3 aromatic heterocycles. The van der Waals surface area contributed by atoms with Crippen molar-refractivity contribution < 1.29 is 0 Å². The fourth-order valence-electron chi connectivity index (χ4n) is 2.18. The summed E-state index contributed by atoms with van der Waals surface area (Å²) in [5.74, 6) is 0.522. The molecule has 4 aromatic rings. The molecule has 0 unspecified atom stereocenters. The van der Waals surface area contributed by atoms with Crippen molar-refractivity contribution in [3.05, 3.63) is 58.8 Å². The summed E-state index contributed by atoms with van der Waals surface area (Å²) < 4.78 is 0. The highest BCUT2D eigenvalue weighted by Crippen LogP contribution is 2.32. The molecule has 0 saturated carbocycles. The molecule has 124 valence electrons. The van der Waals surface area contributed by atoms with Crippen molar-refractivity contribution in [2.75, 3.05) is 5.32 Å². The lowest BCUT2D eigenvalue weighted by Crippen LogP contribution is -1.97. The van der Waals surface area contributed by atoms with Gasteiger partial charge < -0.3 is 5.32 Å². The zero-order valence-corrected chi connectivity index (χ0v) is 15.5. The molecule has 3 heterocycles. The minimum Gasteiger partial charge on any atom is -0.300 e. The molecular weight excluding hydrogens is 374 g/mol. The van der Waals surface area contributed by atoms with Gasteiger partial charge in [-0.25, -0.2) is 19.9 Å². The van der Waals surface area contributed by atoms with Crippen molar-refractivity contribution in [3.8, 4) is 21.1 Å².